The van der Waals surface area contributed by atoms with Crippen molar-refractivity contribution in [2.75, 3.05) is 5.33 Å². The average molecular weight is 225 g/mol. The van der Waals surface area contributed by atoms with Crippen LogP contribution in [-0.4, -0.2) is 5.33 Å². The summed E-state index contributed by atoms with van der Waals surface area (Å²) in [6.45, 7) is 0. The van der Waals surface area contributed by atoms with E-state index in [9.17, 15) is 0 Å². The minimum absolute atomic E-state index is 0.841. The monoisotopic (exact) mass is 224 g/mol. The zero-order valence-electron chi connectivity index (χ0n) is 7.04. The lowest BCUT2D eigenvalue weighted by atomic mass is 9.72. The lowest BCUT2D eigenvalue weighted by Gasteiger charge is -2.34. The number of hydrogen-bond donors (Lipinski definition) is 0. The molecule has 12 heavy (non-hydrogen) atoms. The number of rotatable bonds is 2. The van der Waals surface area contributed by atoms with Gasteiger partial charge in [0.2, 0.25) is 0 Å². The molecular weight excluding hydrogens is 212 g/mol. The Morgan fingerprint density at radius 3 is 2.42 bits per heavy atom. The molecule has 0 nitrogen and oxygen atoms in total. The first kappa shape index (κ1) is 8.31. The molecule has 1 aliphatic carbocycles. The number of halogens is 1. The Hall–Kier alpha value is -0.300. The van der Waals surface area contributed by atoms with Gasteiger partial charge in [-0.2, -0.15) is 0 Å². The van der Waals surface area contributed by atoms with Crippen LogP contribution in [0.4, 0.5) is 0 Å². The molecule has 0 unspecified atom stereocenters. The summed E-state index contributed by atoms with van der Waals surface area (Å²) < 4.78 is 0. The molecule has 1 fully saturated rings. The Balaban J connectivity index is 1.97. The number of alkyl halides is 1. The summed E-state index contributed by atoms with van der Waals surface area (Å²) in [5.74, 6) is 1.77. The standard InChI is InChI=1S/C11H13Br/c12-8-9-6-11(7-9)10-4-2-1-3-5-10/h1-5,9,11H,6-8H2. The van der Waals surface area contributed by atoms with Crippen molar-refractivity contribution in [2.45, 2.75) is 18.8 Å². The Labute approximate surface area is 82.1 Å². The zero-order chi connectivity index (χ0) is 8.39. The van der Waals surface area contributed by atoms with E-state index in [1.54, 1.807) is 0 Å². The summed E-state index contributed by atoms with van der Waals surface area (Å²) in [7, 11) is 0. The Kier molecular flexibility index (Phi) is 2.50. The van der Waals surface area contributed by atoms with E-state index in [0.717, 1.165) is 11.8 Å². The van der Waals surface area contributed by atoms with Gasteiger partial charge in [0, 0.05) is 5.33 Å². The van der Waals surface area contributed by atoms with Gasteiger partial charge in [-0.3, -0.25) is 0 Å². The molecule has 1 aromatic rings. The van der Waals surface area contributed by atoms with Gasteiger partial charge in [0.1, 0.15) is 0 Å². The van der Waals surface area contributed by atoms with Gasteiger partial charge in [0.25, 0.3) is 0 Å². The van der Waals surface area contributed by atoms with E-state index in [-0.39, 0.29) is 0 Å². The fraction of sp³-hybridized carbons (Fsp3) is 0.455. The molecule has 1 saturated carbocycles. The van der Waals surface area contributed by atoms with Crippen LogP contribution in [0.1, 0.15) is 24.3 Å². The van der Waals surface area contributed by atoms with Crippen LogP contribution in [0.3, 0.4) is 0 Å². The van der Waals surface area contributed by atoms with Crippen LogP contribution >= 0.6 is 15.9 Å². The third kappa shape index (κ3) is 1.56. The van der Waals surface area contributed by atoms with Crippen molar-refractivity contribution in [3.05, 3.63) is 35.9 Å². The minimum atomic E-state index is 0.841. The third-order valence-electron chi connectivity index (χ3n) is 2.72. The average Bonchev–Trinajstić information content (AvgIpc) is 2.04. The molecule has 0 bridgehead atoms. The maximum atomic E-state index is 3.53. The van der Waals surface area contributed by atoms with E-state index in [2.05, 4.69) is 46.3 Å². The highest BCUT2D eigenvalue weighted by Crippen LogP contribution is 2.41. The van der Waals surface area contributed by atoms with E-state index in [4.69, 9.17) is 0 Å². The van der Waals surface area contributed by atoms with Gasteiger partial charge in [0.05, 0.1) is 0 Å². The summed E-state index contributed by atoms with van der Waals surface area (Å²) in [5.41, 5.74) is 1.52. The smallest absolute Gasteiger partial charge is 0.00601 e. The maximum absolute atomic E-state index is 3.53. The van der Waals surface area contributed by atoms with Crippen LogP contribution in [0.15, 0.2) is 30.3 Å². The van der Waals surface area contributed by atoms with Gasteiger partial charge in [-0.15, -0.1) is 0 Å². The van der Waals surface area contributed by atoms with Crippen molar-refractivity contribution in [3.63, 3.8) is 0 Å². The first-order valence-corrected chi connectivity index (χ1v) is 5.63. The van der Waals surface area contributed by atoms with Crippen molar-refractivity contribution < 1.29 is 0 Å². The molecule has 0 N–H and O–H groups in total. The van der Waals surface area contributed by atoms with Crippen molar-refractivity contribution in [2.24, 2.45) is 5.92 Å². The molecule has 0 atom stereocenters. The second-order valence-corrected chi connectivity index (χ2v) is 4.25. The summed E-state index contributed by atoms with van der Waals surface area (Å²) in [4.78, 5) is 0. The molecule has 2 rings (SSSR count). The largest absolute Gasteiger partial charge is 0.0925 e. The molecule has 1 aromatic carbocycles. The highest BCUT2D eigenvalue weighted by molar-refractivity contribution is 9.09. The van der Waals surface area contributed by atoms with Gasteiger partial charge in [0.15, 0.2) is 0 Å². The first-order chi connectivity index (χ1) is 5.90. The second kappa shape index (κ2) is 3.61. The van der Waals surface area contributed by atoms with Crippen LogP contribution in [0.2, 0.25) is 0 Å². The molecule has 0 saturated heterocycles. The van der Waals surface area contributed by atoms with Crippen molar-refractivity contribution in [1.29, 1.82) is 0 Å². The summed E-state index contributed by atoms with van der Waals surface area (Å²) >= 11 is 3.53. The van der Waals surface area contributed by atoms with Crippen LogP contribution < -0.4 is 0 Å². The summed E-state index contributed by atoms with van der Waals surface area (Å²) in [6, 6.07) is 10.8. The number of benzene rings is 1. The predicted octanol–water partition coefficient (Wildman–Crippen LogP) is 3.58. The molecule has 0 aromatic heterocycles. The molecular formula is C11H13Br. The van der Waals surface area contributed by atoms with E-state index in [0.29, 0.717) is 0 Å². The van der Waals surface area contributed by atoms with Gasteiger partial charge >= 0.3 is 0 Å². The SMILES string of the molecule is BrCC1CC(c2ccccc2)C1. The van der Waals surface area contributed by atoms with Crippen LogP contribution in [0.5, 0.6) is 0 Å². The second-order valence-electron chi connectivity index (χ2n) is 3.60. The third-order valence-corrected chi connectivity index (χ3v) is 3.64. The summed E-state index contributed by atoms with van der Waals surface area (Å²) in [5, 5.41) is 1.18. The molecule has 0 radical (unpaired) electrons. The van der Waals surface area contributed by atoms with Crippen LogP contribution in [0.25, 0.3) is 0 Å². The molecule has 1 aliphatic rings. The Bertz CT molecular complexity index is 236. The van der Waals surface area contributed by atoms with Crippen LogP contribution in [-0.2, 0) is 0 Å². The van der Waals surface area contributed by atoms with E-state index >= 15 is 0 Å². The molecule has 1 heteroatoms. The van der Waals surface area contributed by atoms with Crippen LogP contribution in [0, 0.1) is 5.92 Å². The lowest BCUT2D eigenvalue weighted by Crippen LogP contribution is -2.22. The van der Waals surface area contributed by atoms with E-state index in [1.165, 1.54) is 23.7 Å². The fourth-order valence-corrected chi connectivity index (χ4v) is 2.39. The van der Waals surface area contributed by atoms with Gasteiger partial charge in [-0.05, 0) is 30.2 Å². The van der Waals surface area contributed by atoms with E-state index in [1.807, 2.05) is 0 Å². The van der Waals surface area contributed by atoms with Gasteiger partial charge < -0.3 is 0 Å². The quantitative estimate of drug-likeness (QED) is 0.675. The molecule has 0 spiro atoms. The number of hydrogen-bond acceptors (Lipinski definition) is 0. The predicted molar refractivity (Wildman–Crippen MR) is 55.7 cm³/mol. The van der Waals surface area contributed by atoms with Gasteiger partial charge in [-0.25, -0.2) is 0 Å². The van der Waals surface area contributed by atoms with Crippen molar-refractivity contribution in [3.8, 4) is 0 Å². The lowest BCUT2D eigenvalue weighted by molar-refractivity contribution is 0.296. The Morgan fingerprint density at radius 1 is 1.17 bits per heavy atom. The summed E-state index contributed by atoms with van der Waals surface area (Å²) in [6.07, 6.45) is 2.74. The van der Waals surface area contributed by atoms with Crippen molar-refractivity contribution in [1.82, 2.24) is 0 Å². The fourth-order valence-electron chi connectivity index (χ4n) is 1.86. The maximum Gasteiger partial charge on any atom is 0.00601 e. The first-order valence-electron chi connectivity index (χ1n) is 4.51. The molecule has 0 amide bonds. The highest BCUT2D eigenvalue weighted by atomic mass is 79.9. The molecule has 0 aliphatic heterocycles. The Morgan fingerprint density at radius 2 is 1.83 bits per heavy atom. The minimum Gasteiger partial charge on any atom is -0.0925 e. The molecule has 0 heterocycles. The molecule has 64 valence electrons. The van der Waals surface area contributed by atoms with E-state index < -0.39 is 0 Å². The zero-order valence-corrected chi connectivity index (χ0v) is 8.63. The topological polar surface area (TPSA) is 0 Å². The van der Waals surface area contributed by atoms with Crippen molar-refractivity contribution >= 4 is 15.9 Å². The normalized spacial score (nSPS) is 28.1. The van der Waals surface area contributed by atoms with Gasteiger partial charge in [-0.1, -0.05) is 46.3 Å². The highest BCUT2D eigenvalue weighted by Gasteiger charge is 2.28.